The second-order valence-corrected chi connectivity index (χ2v) is 5.99. The topological polar surface area (TPSA) is 65.8 Å². The third-order valence-corrected chi connectivity index (χ3v) is 4.02. The predicted octanol–water partition coefficient (Wildman–Crippen LogP) is 3.73. The van der Waals surface area contributed by atoms with E-state index in [1.165, 1.54) is 11.8 Å². The molecule has 1 atom stereocenters. The van der Waals surface area contributed by atoms with Gasteiger partial charge in [-0.2, -0.15) is 5.26 Å². The van der Waals surface area contributed by atoms with Crippen LogP contribution in [0.15, 0.2) is 47.6 Å². The minimum atomic E-state index is -0.359. The molecule has 0 bridgehead atoms. The van der Waals surface area contributed by atoms with Gasteiger partial charge in [0.25, 0.3) is 0 Å². The van der Waals surface area contributed by atoms with E-state index in [0.717, 1.165) is 0 Å². The van der Waals surface area contributed by atoms with Crippen LogP contribution in [0.5, 0.6) is 0 Å². The van der Waals surface area contributed by atoms with Gasteiger partial charge in [-0.3, -0.25) is 4.79 Å². The molecule has 0 saturated carbocycles. The van der Waals surface area contributed by atoms with Crippen LogP contribution in [0.3, 0.4) is 0 Å². The minimum Gasteiger partial charge on any atom is -0.324 e. The summed E-state index contributed by atoms with van der Waals surface area (Å²) in [5.74, 6) is -0.169. The lowest BCUT2D eigenvalue weighted by Gasteiger charge is -2.12. The highest BCUT2D eigenvalue weighted by atomic mass is 35.5. The van der Waals surface area contributed by atoms with Crippen molar-refractivity contribution in [3.8, 4) is 6.07 Å². The summed E-state index contributed by atoms with van der Waals surface area (Å²) in [6.07, 6.45) is 1.56. The first kappa shape index (κ1) is 15.4. The van der Waals surface area contributed by atoms with Crippen molar-refractivity contribution < 1.29 is 4.79 Å². The van der Waals surface area contributed by atoms with Gasteiger partial charge in [-0.25, -0.2) is 4.98 Å². The monoisotopic (exact) mass is 317 g/mol. The Kier molecular flexibility index (Phi) is 5.20. The van der Waals surface area contributed by atoms with E-state index in [0.29, 0.717) is 21.3 Å². The molecule has 1 amide bonds. The molecule has 0 fully saturated rings. The van der Waals surface area contributed by atoms with Gasteiger partial charge in [0.2, 0.25) is 5.91 Å². The lowest BCUT2D eigenvalue weighted by molar-refractivity contribution is -0.115. The predicted molar refractivity (Wildman–Crippen MR) is 84.4 cm³/mol. The smallest absolute Gasteiger partial charge is 0.237 e. The fraction of sp³-hybridized carbons (Fsp3) is 0.133. The first-order valence-electron chi connectivity index (χ1n) is 6.18. The molecule has 0 spiro atoms. The van der Waals surface area contributed by atoms with Crippen molar-refractivity contribution in [2.45, 2.75) is 17.2 Å². The zero-order valence-electron chi connectivity index (χ0n) is 11.2. The second kappa shape index (κ2) is 7.11. The number of amides is 1. The molecule has 6 heteroatoms. The average Bonchev–Trinajstić information content (AvgIpc) is 2.49. The molecule has 0 saturated heterocycles. The van der Waals surface area contributed by atoms with Crippen LogP contribution in [-0.4, -0.2) is 16.1 Å². The van der Waals surface area contributed by atoms with E-state index in [1.807, 2.05) is 6.07 Å². The lowest BCUT2D eigenvalue weighted by atomic mass is 10.3. The van der Waals surface area contributed by atoms with Gasteiger partial charge in [0.15, 0.2) is 0 Å². The number of hydrogen-bond acceptors (Lipinski definition) is 4. The average molecular weight is 318 g/mol. The van der Waals surface area contributed by atoms with E-state index in [9.17, 15) is 4.79 Å². The Bertz CT molecular complexity index is 699. The highest BCUT2D eigenvalue weighted by Crippen LogP contribution is 2.25. The molecule has 1 heterocycles. The van der Waals surface area contributed by atoms with Gasteiger partial charge in [0.1, 0.15) is 0 Å². The number of anilines is 1. The first-order valence-corrected chi connectivity index (χ1v) is 7.44. The van der Waals surface area contributed by atoms with Crippen LogP contribution in [0.2, 0.25) is 5.02 Å². The molecule has 2 aromatic rings. The van der Waals surface area contributed by atoms with Crippen LogP contribution >= 0.6 is 23.4 Å². The summed E-state index contributed by atoms with van der Waals surface area (Å²) in [5.41, 5.74) is 1.10. The van der Waals surface area contributed by atoms with Crippen LogP contribution in [0, 0.1) is 11.3 Å². The molecular weight excluding hydrogens is 306 g/mol. The van der Waals surface area contributed by atoms with Crippen molar-refractivity contribution in [1.29, 1.82) is 5.26 Å². The number of nitrogens with one attached hydrogen (secondary N) is 1. The maximum absolute atomic E-state index is 12.1. The first-order chi connectivity index (χ1) is 10.1. The minimum absolute atomic E-state index is 0.169. The Hall–Kier alpha value is -2.03. The van der Waals surface area contributed by atoms with Gasteiger partial charge in [0.05, 0.1) is 32.6 Å². The molecular formula is C15H12ClN3OS. The van der Waals surface area contributed by atoms with E-state index in [1.54, 1.807) is 49.5 Å². The highest BCUT2D eigenvalue weighted by molar-refractivity contribution is 8.00. The molecule has 4 nitrogen and oxygen atoms in total. The molecule has 1 aromatic carbocycles. The van der Waals surface area contributed by atoms with Gasteiger partial charge in [-0.15, -0.1) is 0 Å². The zero-order valence-corrected chi connectivity index (χ0v) is 12.8. The molecule has 106 valence electrons. The van der Waals surface area contributed by atoms with Gasteiger partial charge in [-0.05, 0) is 31.2 Å². The molecule has 2 rings (SSSR count). The maximum atomic E-state index is 12.1. The van der Waals surface area contributed by atoms with Crippen LogP contribution in [0.1, 0.15) is 12.5 Å². The summed E-state index contributed by atoms with van der Waals surface area (Å²) >= 11 is 7.29. The molecule has 0 unspecified atom stereocenters. The largest absolute Gasteiger partial charge is 0.324 e. The summed E-state index contributed by atoms with van der Waals surface area (Å²) in [7, 11) is 0. The van der Waals surface area contributed by atoms with Gasteiger partial charge >= 0.3 is 0 Å². The summed E-state index contributed by atoms with van der Waals surface area (Å²) in [6, 6.07) is 12.4. The van der Waals surface area contributed by atoms with E-state index in [-0.39, 0.29) is 11.2 Å². The fourth-order valence-electron chi connectivity index (χ4n) is 1.58. The van der Waals surface area contributed by atoms with Crippen molar-refractivity contribution in [2.24, 2.45) is 0 Å². The number of para-hydroxylation sites is 1. The van der Waals surface area contributed by atoms with Gasteiger partial charge in [-0.1, -0.05) is 35.5 Å². The Balaban J connectivity index is 2.03. The summed E-state index contributed by atoms with van der Waals surface area (Å²) in [6.45, 7) is 1.78. The number of benzene rings is 1. The number of nitriles is 1. The van der Waals surface area contributed by atoms with Crippen LogP contribution in [-0.2, 0) is 4.79 Å². The normalized spacial score (nSPS) is 11.5. The van der Waals surface area contributed by atoms with E-state index >= 15 is 0 Å². The van der Waals surface area contributed by atoms with Crippen LogP contribution in [0.25, 0.3) is 0 Å². The summed E-state index contributed by atoms with van der Waals surface area (Å²) in [4.78, 5) is 16.3. The summed E-state index contributed by atoms with van der Waals surface area (Å²) < 4.78 is 0. The van der Waals surface area contributed by atoms with Crippen LogP contribution < -0.4 is 5.32 Å². The Labute approximate surface area is 132 Å². The standard InChI is InChI=1S/C15H12ClN3OS/c1-10(21-14-8-11(9-17)6-7-18-14)15(20)19-13-5-3-2-4-12(13)16/h2-8,10H,1H3,(H,19,20)/t10-/m1/s1. The zero-order chi connectivity index (χ0) is 15.2. The third kappa shape index (κ3) is 4.22. The molecule has 0 radical (unpaired) electrons. The number of hydrogen-bond donors (Lipinski definition) is 1. The molecule has 0 aliphatic carbocycles. The fourth-order valence-corrected chi connectivity index (χ4v) is 2.60. The number of carbonyl (C=O) groups excluding carboxylic acids is 1. The number of pyridine rings is 1. The van der Waals surface area contributed by atoms with Crippen LogP contribution in [0.4, 0.5) is 5.69 Å². The molecule has 1 aromatic heterocycles. The van der Waals surface area contributed by atoms with Gasteiger partial charge in [0, 0.05) is 6.20 Å². The van der Waals surface area contributed by atoms with Crippen molar-refractivity contribution in [2.75, 3.05) is 5.32 Å². The highest BCUT2D eigenvalue weighted by Gasteiger charge is 2.16. The van der Waals surface area contributed by atoms with Crippen molar-refractivity contribution in [3.63, 3.8) is 0 Å². The maximum Gasteiger partial charge on any atom is 0.237 e. The number of carbonyl (C=O) groups is 1. The number of halogens is 1. The number of rotatable bonds is 4. The molecule has 21 heavy (non-hydrogen) atoms. The lowest BCUT2D eigenvalue weighted by Crippen LogP contribution is -2.22. The molecule has 0 aliphatic rings. The van der Waals surface area contributed by atoms with E-state index in [4.69, 9.17) is 16.9 Å². The Morgan fingerprint density at radius 2 is 2.19 bits per heavy atom. The second-order valence-electron chi connectivity index (χ2n) is 4.22. The Morgan fingerprint density at radius 1 is 1.43 bits per heavy atom. The Morgan fingerprint density at radius 3 is 2.90 bits per heavy atom. The van der Waals surface area contributed by atoms with Crippen molar-refractivity contribution >= 4 is 35.0 Å². The number of nitrogens with zero attached hydrogens (tertiary/aromatic N) is 2. The summed E-state index contributed by atoms with van der Waals surface area (Å²) in [5, 5.41) is 12.4. The van der Waals surface area contributed by atoms with E-state index < -0.39 is 0 Å². The SMILES string of the molecule is C[C@@H](Sc1cc(C#N)ccn1)C(=O)Nc1ccccc1Cl. The molecule has 1 N–H and O–H groups in total. The van der Waals surface area contributed by atoms with Crippen molar-refractivity contribution in [1.82, 2.24) is 4.98 Å². The van der Waals surface area contributed by atoms with Crippen molar-refractivity contribution in [3.05, 3.63) is 53.2 Å². The number of aromatic nitrogens is 1. The third-order valence-electron chi connectivity index (χ3n) is 2.66. The quantitative estimate of drug-likeness (QED) is 0.873. The van der Waals surface area contributed by atoms with Gasteiger partial charge < -0.3 is 5.32 Å². The van der Waals surface area contributed by atoms with E-state index in [2.05, 4.69) is 10.3 Å². The number of thioether (sulfide) groups is 1. The molecule has 0 aliphatic heterocycles.